The smallest absolute Gasteiger partial charge is 0.310 e. The number of likely N-dealkylation sites (tertiary alicyclic amines) is 1. The third-order valence-corrected chi connectivity index (χ3v) is 4.10. The summed E-state index contributed by atoms with van der Waals surface area (Å²) in [6.45, 7) is 8.44. The Morgan fingerprint density at radius 3 is 2.48 bits per heavy atom. The fraction of sp³-hybridized carbons (Fsp3) is 0.875. The van der Waals surface area contributed by atoms with Crippen LogP contribution in [0.5, 0.6) is 0 Å². The molecule has 0 spiro atoms. The summed E-state index contributed by atoms with van der Waals surface area (Å²) < 4.78 is 4.74. The van der Waals surface area contributed by atoms with Crippen molar-refractivity contribution < 1.29 is 14.3 Å². The van der Waals surface area contributed by atoms with Gasteiger partial charge in [0, 0.05) is 19.5 Å². The first-order chi connectivity index (χ1) is 10.1. The summed E-state index contributed by atoms with van der Waals surface area (Å²) >= 11 is 0. The van der Waals surface area contributed by atoms with Crippen LogP contribution < -0.4 is 0 Å². The maximum Gasteiger partial charge on any atom is 0.310 e. The molecule has 1 saturated heterocycles. The van der Waals surface area contributed by atoms with E-state index in [1.807, 2.05) is 18.7 Å². The van der Waals surface area contributed by atoms with E-state index in [9.17, 15) is 9.59 Å². The van der Waals surface area contributed by atoms with Crippen molar-refractivity contribution >= 4 is 11.9 Å². The fourth-order valence-electron chi connectivity index (χ4n) is 2.79. The first-order valence-electron chi connectivity index (χ1n) is 8.16. The molecule has 1 fully saturated rings. The number of carbonyl (C=O) groups is 2. The molecule has 1 unspecified atom stereocenters. The Labute approximate surface area is 128 Å². The van der Waals surface area contributed by atoms with Crippen LogP contribution in [0.25, 0.3) is 0 Å². The highest BCUT2D eigenvalue weighted by Crippen LogP contribution is 2.10. The lowest BCUT2D eigenvalue weighted by Crippen LogP contribution is -2.37. The van der Waals surface area contributed by atoms with Gasteiger partial charge in [-0.05, 0) is 45.3 Å². The molecule has 1 atom stereocenters. The molecule has 0 radical (unpaired) electrons. The number of hydrogen-bond acceptors (Lipinski definition) is 4. The van der Waals surface area contributed by atoms with Gasteiger partial charge in [-0.2, -0.15) is 0 Å². The van der Waals surface area contributed by atoms with E-state index in [1.165, 1.54) is 33.0 Å². The van der Waals surface area contributed by atoms with Gasteiger partial charge in [0.1, 0.15) is 0 Å². The molecule has 1 aliphatic heterocycles. The molecule has 0 N–H and O–H groups in total. The maximum atomic E-state index is 12.0. The molecule has 21 heavy (non-hydrogen) atoms. The molecule has 5 heteroatoms. The molecule has 1 amide bonds. The normalized spacial score (nSPS) is 16.7. The van der Waals surface area contributed by atoms with Gasteiger partial charge in [0.2, 0.25) is 5.91 Å². The van der Waals surface area contributed by atoms with Crippen molar-refractivity contribution in [3.8, 4) is 0 Å². The van der Waals surface area contributed by atoms with Crippen LogP contribution in [0.1, 0.15) is 46.0 Å². The Bertz CT molecular complexity index is 327. The second kappa shape index (κ2) is 9.77. The lowest BCUT2D eigenvalue weighted by Gasteiger charge is -2.25. The number of nitrogens with zero attached hydrogens (tertiary/aromatic N) is 2. The van der Waals surface area contributed by atoms with Gasteiger partial charge in [0.05, 0.1) is 13.0 Å². The lowest BCUT2D eigenvalue weighted by molar-refractivity contribution is -0.146. The van der Waals surface area contributed by atoms with Crippen molar-refractivity contribution in [2.24, 2.45) is 5.92 Å². The van der Waals surface area contributed by atoms with Gasteiger partial charge in [-0.3, -0.25) is 9.59 Å². The van der Waals surface area contributed by atoms with Crippen LogP contribution in [0.3, 0.4) is 0 Å². The standard InChI is InChI=1S/C16H30N2O3/c1-4-15(19)18(13-14(2)16(20)21-3)12-8-7-11-17-9-5-6-10-17/h14H,4-13H2,1-3H3. The van der Waals surface area contributed by atoms with Gasteiger partial charge < -0.3 is 14.5 Å². The van der Waals surface area contributed by atoms with Crippen LogP contribution in [0.15, 0.2) is 0 Å². The number of hydrogen-bond donors (Lipinski definition) is 0. The largest absolute Gasteiger partial charge is 0.469 e. The van der Waals surface area contributed by atoms with Crippen LogP contribution >= 0.6 is 0 Å². The van der Waals surface area contributed by atoms with E-state index in [2.05, 4.69) is 4.90 Å². The Morgan fingerprint density at radius 2 is 1.90 bits per heavy atom. The number of unbranched alkanes of at least 4 members (excludes halogenated alkanes) is 1. The van der Waals surface area contributed by atoms with E-state index in [-0.39, 0.29) is 17.8 Å². The highest BCUT2D eigenvalue weighted by molar-refractivity contribution is 5.77. The summed E-state index contributed by atoms with van der Waals surface area (Å²) in [6.07, 6.45) is 5.23. The molecule has 0 bridgehead atoms. The minimum atomic E-state index is -0.260. The predicted octanol–water partition coefficient (Wildman–Crippen LogP) is 1.91. The molecular weight excluding hydrogens is 268 g/mol. The van der Waals surface area contributed by atoms with Crippen molar-refractivity contribution in [3.63, 3.8) is 0 Å². The average molecular weight is 298 g/mol. The molecule has 5 nitrogen and oxygen atoms in total. The lowest BCUT2D eigenvalue weighted by atomic mass is 10.1. The second-order valence-electron chi connectivity index (χ2n) is 5.87. The third kappa shape index (κ3) is 6.46. The van der Waals surface area contributed by atoms with E-state index < -0.39 is 0 Å². The minimum absolute atomic E-state index is 0.118. The molecule has 0 aliphatic carbocycles. The minimum Gasteiger partial charge on any atom is -0.469 e. The first kappa shape index (κ1) is 18.0. The average Bonchev–Trinajstić information content (AvgIpc) is 3.01. The molecule has 0 aromatic carbocycles. The van der Waals surface area contributed by atoms with Crippen LogP contribution in [0.2, 0.25) is 0 Å². The van der Waals surface area contributed by atoms with Crippen molar-refractivity contribution in [2.75, 3.05) is 39.8 Å². The monoisotopic (exact) mass is 298 g/mol. The van der Waals surface area contributed by atoms with Crippen molar-refractivity contribution in [1.29, 1.82) is 0 Å². The van der Waals surface area contributed by atoms with Crippen LogP contribution in [0, 0.1) is 5.92 Å². The van der Waals surface area contributed by atoms with Gasteiger partial charge in [0.15, 0.2) is 0 Å². The summed E-state index contributed by atoms with van der Waals surface area (Å²) in [5.41, 5.74) is 0. The Hall–Kier alpha value is -1.10. The molecular formula is C16H30N2O3. The van der Waals surface area contributed by atoms with Crippen LogP contribution in [0.4, 0.5) is 0 Å². The van der Waals surface area contributed by atoms with E-state index in [4.69, 9.17) is 4.74 Å². The van der Waals surface area contributed by atoms with Gasteiger partial charge in [-0.25, -0.2) is 0 Å². The van der Waals surface area contributed by atoms with Crippen molar-refractivity contribution in [2.45, 2.75) is 46.0 Å². The van der Waals surface area contributed by atoms with E-state index in [0.29, 0.717) is 13.0 Å². The second-order valence-corrected chi connectivity index (χ2v) is 5.87. The zero-order chi connectivity index (χ0) is 15.7. The summed E-state index contributed by atoms with van der Waals surface area (Å²) in [5.74, 6) is -0.392. The molecule has 0 aromatic rings. The van der Waals surface area contributed by atoms with Gasteiger partial charge in [-0.1, -0.05) is 13.8 Å². The van der Waals surface area contributed by atoms with E-state index in [0.717, 1.165) is 25.9 Å². The number of methoxy groups -OCH3 is 1. The Morgan fingerprint density at radius 1 is 1.24 bits per heavy atom. The van der Waals surface area contributed by atoms with Gasteiger partial charge >= 0.3 is 5.97 Å². The molecule has 122 valence electrons. The Balaban J connectivity index is 2.31. The number of amides is 1. The van der Waals surface area contributed by atoms with Crippen LogP contribution in [-0.2, 0) is 14.3 Å². The summed E-state index contributed by atoms with van der Waals surface area (Å²) in [4.78, 5) is 27.8. The van der Waals surface area contributed by atoms with Crippen LogP contribution in [-0.4, -0.2) is 61.5 Å². The summed E-state index contributed by atoms with van der Waals surface area (Å²) in [7, 11) is 1.39. The van der Waals surface area contributed by atoms with Crippen molar-refractivity contribution in [1.82, 2.24) is 9.80 Å². The molecule has 1 rings (SSSR count). The molecule has 1 aliphatic rings. The number of rotatable bonds is 9. The zero-order valence-electron chi connectivity index (χ0n) is 13.8. The number of esters is 1. The first-order valence-corrected chi connectivity index (χ1v) is 8.16. The Kier molecular flexibility index (Phi) is 8.35. The summed E-state index contributed by atoms with van der Waals surface area (Å²) in [5, 5.41) is 0. The molecule has 1 heterocycles. The van der Waals surface area contributed by atoms with E-state index in [1.54, 1.807) is 0 Å². The quantitative estimate of drug-likeness (QED) is 0.482. The fourth-order valence-corrected chi connectivity index (χ4v) is 2.79. The SMILES string of the molecule is CCC(=O)N(CCCCN1CCCC1)CC(C)C(=O)OC. The topological polar surface area (TPSA) is 49.9 Å². The highest BCUT2D eigenvalue weighted by atomic mass is 16.5. The maximum absolute atomic E-state index is 12.0. The van der Waals surface area contributed by atoms with Gasteiger partial charge in [-0.15, -0.1) is 0 Å². The van der Waals surface area contributed by atoms with Crippen molar-refractivity contribution in [3.05, 3.63) is 0 Å². The highest BCUT2D eigenvalue weighted by Gasteiger charge is 2.20. The number of carbonyl (C=O) groups excluding carboxylic acids is 2. The molecule has 0 aromatic heterocycles. The van der Waals surface area contributed by atoms with E-state index >= 15 is 0 Å². The number of ether oxygens (including phenoxy) is 1. The predicted molar refractivity (Wildman–Crippen MR) is 83.0 cm³/mol. The third-order valence-electron chi connectivity index (χ3n) is 4.10. The zero-order valence-corrected chi connectivity index (χ0v) is 13.8. The molecule has 0 saturated carbocycles. The van der Waals surface area contributed by atoms with Gasteiger partial charge in [0.25, 0.3) is 0 Å². The summed E-state index contributed by atoms with van der Waals surface area (Å²) in [6, 6.07) is 0.